The van der Waals surface area contributed by atoms with E-state index in [0.717, 1.165) is 5.69 Å². The predicted octanol–water partition coefficient (Wildman–Crippen LogP) is 1.96. The maximum Gasteiger partial charge on any atom is 0.128 e. The Hall–Kier alpha value is -2.57. The molecule has 3 rings (SSSR count). The van der Waals surface area contributed by atoms with Crippen LogP contribution < -0.4 is 11.3 Å². The molecular weight excluding hydrogens is 269 g/mol. The second kappa shape index (κ2) is 5.82. The maximum atomic E-state index is 14.0. The van der Waals surface area contributed by atoms with Crippen LogP contribution in [0.4, 0.5) is 4.39 Å². The number of hydrogen-bond donors (Lipinski definition) is 2. The van der Waals surface area contributed by atoms with Crippen molar-refractivity contribution in [2.24, 2.45) is 5.84 Å². The van der Waals surface area contributed by atoms with Crippen LogP contribution >= 0.6 is 0 Å². The highest BCUT2D eigenvalue weighted by Gasteiger charge is 2.21. The zero-order chi connectivity index (χ0) is 14.7. The van der Waals surface area contributed by atoms with Crippen LogP contribution in [0.1, 0.15) is 17.3 Å². The summed E-state index contributed by atoms with van der Waals surface area (Å²) in [5.41, 5.74) is 4.57. The third-order valence-corrected chi connectivity index (χ3v) is 3.26. The Morgan fingerprint density at radius 2 is 1.76 bits per heavy atom. The van der Waals surface area contributed by atoms with Crippen molar-refractivity contribution in [1.29, 1.82) is 0 Å². The van der Waals surface area contributed by atoms with Crippen molar-refractivity contribution in [2.75, 3.05) is 0 Å². The normalized spacial score (nSPS) is 12.3. The SMILES string of the molecule is NNC(c1ccccc1F)c1cnnn1-c1ccccc1. The fourth-order valence-electron chi connectivity index (χ4n) is 2.25. The molecule has 0 amide bonds. The molecule has 0 spiro atoms. The molecule has 1 aromatic heterocycles. The molecule has 106 valence electrons. The Kier molecular flexibility index (Phi) is 3.72. The monoisotopic (exact) mass is 283 g/mol. The van der Waals surface area contributed by atoms with Crippen LogP contribution in [-0.4, -0.2) is 15.0 Å². The van der Waals surface area contributed by atoms with E-state index in [4.69, 9.17) is 5.84 Å². The molecule has 0 aliphatic heterocycles. The molecular formula is C15H14FN5. The Morgan fingerprint density at radius 1 is 1.05 bits per heavy atom. The number of hydrogen-bond acceptors (Lipinski definition) is 4. The van der Waals surface area contributed by atoms with Gasteiger partial charge in [-0.25, -0.2) is 14.5 Å². The van der Waals surface area contributed by atoms with Gasteiger partial charge in [-0.3, -0.25) is 5.84 Å². The minimum Gasteiger partial charge on any atom is -0.271 e. The largest absolute Gasteiger partial charge is 0.271 e. The number of aromatic nitrogens is 3. The summed E-state index contributed by atoms with van der Waals surface area (Å²) in [4.78, 5) is 0. The van der Waals surface area contributed by atoms with E-state index in [-0.39, 0.29) is 5.82 Å². The number of halogens is 1. The van der Waals surface area contributed by atoms with Gasteiger partial charge in [0, 0.05) is 5.56 Å². The number of benzene rings is 2. The molecule has 3 aromatic rings. The van der Waals surface area contributed by atoms with Gasteiger partial charge >= 0.3 is 0 Å². The second-order valence-electron chi connectivity index (χ2n) is 4.53. The summed E-state index contributed by atoms with van der Waals surface area (Å²) in [5, 5.41) is 7.98. The van der Waals surface area contributed by atoms with Crippen molar-refractivity contribution < 1.29 is 4.39 Å². The molecule has 0 fully saturated rings. The molecule has 3 N–H and O–H groups in total. The average molecular weight is 283 g/mol. The molecule has 2 aromatic carbocycles. The first-order valence-corrected chi connectivity index (χ1v) is 6.48. The maximum absolute atomic E-state index is 14.0. The first-order chi connectivity index (χ1) is 10.3. The Labute approximate surface area is 121 Å². The van der Waals surface area contributed by atoms with Gasteiger partial charge in [0.2, 0.25) is 0 Å². The third kappa shape index (κ3) is 2.54. The van der Waals surface area contributed by atoms with Crippen molar-refractivity contribution in [3.8, 4) is 5.69 Å². The van der Waals surface area contributed by atoms with Gasteiger partial charge in [-0.2, -0.15) is 0 Å². The Bertz CT molecular complexity index is 726. The zero-order valence-corrected chi connectivity index (χ0v) is 11.1. The van der Waals surface area contributed by atoms with Crippen molar-refractivity contribution in [3.63, 3.8) is 0 Å². The van der Waals surface area contributed by atoms with Gasteiger partial charge in [0.05, 0.1) is 23.6 Å². The summed E-state index contributed by atoms with van der Waals surface area (Å²) in [6.45, 7) is 0. The summed E-state index contributed by atoms with van der Waals surface area (Å²) in [6, 6.07) is 15.4. The fourth-order valence-corrected chi connectivity index (χ4v) is 2.25. The molecule has 0 bridgehead atoms. The molecule has 0 aliphatic carbocycles. The van der Waals surface area contributed by atoms with Gasteiger partial charge in [-0.05, 0) is 18.2 Å². The van der Waals surface area contributed by atoms with E-state index >= 15 is 0 Å². The summed E-state index contributed by atoms with van der Waals surface area (Å²) < 4.78 is 15.6. The highest BCUT2D eigenvalue weighted by molar-refractivity contribution is 5.35. The predicted molar refractivity (Wildman–Crippen MR) is 76.9 cm³/mol. The standard InChI is InChI=1S/C15H14FN5/c16-13-9-5-4-8-12(13)15(19-17)14-10-18-20-21(14)11-6-2-1-3-7-11/h1-10,15,19H,17H2. The minimum atomic E-state index is -0.540. The molecule has 0 radical (unpaired) electrons. The number of nitrogens with two attached hydrogens (primary N) is 1. The van der Waals surface area contributed by atoms with Crippen LogP contribution in [0.15, 0.2) is 60.8 Å². The molecule has 21 heavy (non-hydrogen) atoms. The van der Waals surface area contributed by atoms with Crippen LogP contribution in [0.2, 0.25) is 0 Å². The van der Waals surface area contributed by atoms with Crippen LogP contribution in [0, 0.1) is 5.82 Å². The van der Waals surface area contributed by atoms with Crippen molar-refractivity contribution >= 4 is 0 Å². The number of nitrogens with zero attached hydrogens (tertiary/aromatic N) is 3. The van der Waals surface area contributed by atoms with E-state index in [0.29, 0.717) is 11.3 Å². The number of hydrazine groups is 1. The highest BCUT2D eigenvalue weighted by atomic mass is 19.1. The number of para-hydroxylation sites is 1. The van der Waals surface area contributed by atoms with Gasteiger partial charge < -0.3 is 0 Å². The summed E-state index contributed by atoms with van der Waals surface area (Å²) in [6.07, 6.45) is 1.57. The number of rotatable bonds is 4. The van der Waals surface area contributed by atoms with Crippen LogP contribution in [0.25, 0.3) is 5.69 Å². The topological polar surface area (TPSA) is 68.8 Å². The average Bonchev–Trinajstić information content (AvgIpc) is 3.00. The number of nitrogens with one attached hydrogen (secondary N) is 1. The lowest BCUT2D eigenvalue weighted by molar-refractivity contribution is 0.542. The van der Waals surface area contributed by atoms with Crippen molar-refractivity contribution in [1.82, 2.24) is 20.4 Å². The van der Waals surface area contributed by atoms with E-state index in [9.17, 15) is 4.39 Å². The van der Waals surface area contributed by atoms with Gasteiger partial charge in [-0.1, -0.05) is 41.6 Å². The van der Waals surface area contributed by atoms with Crippen LogP contribution in [0.3, 0.4) is 0 Å². The van der Waals surface area contributed by atoms with E-state index in [1.165, 1.54) is 6.07 Å². The summed E-state index contributed by atoms with van der Waals surface area (Å²) >= 11 is 0. The molecule has 5 nitrogen and oxygen atoms in total. The van der Waals surface area contributed by atoms with Gasteiger partial charge in [-0.15, -0.1) is 5.10 Å². The first kappa shape index (κ1) is 13.4. The lowest BCUT2D eigenvalue weighted by Gasteiger charge is -2.17. The lowest BCUT2D eigenvalue weighted by atomic mass is 10.0. The summed E-state index contributed by atoms with van der Waals surface area (Å²) in [5.74, 6) is 5.29. The highest BCUT2D eigenvalue weighted by Crippen LogP contribution is 2.24. The molecule has 1 heterocycles. The van der Waals surface area contributed by atoms with E-state index in [2.05, 4.69) is 15.7 Å². The van der Waals surface area contributed by atoms with E-state index in [1.807, 2.05) is 30.3 Å². The van der Waals surface area contributed by atoms with Gasteiger partial charge in [0.25, 0.3) is 0 Å². The second-order valence-corrected chi connectivity index (χ2v) is 4.53. The Morgan fingerprint density at radius 3 is 2.48 bits per heavy atom. The van der Waals surface area contributed by atoms with E-state index < -0.39 is 6.04 Å². The Balaban J connectivity index is 2.08. The smallest absolute Gasteiger partial charge is 0.128 e. The first-order valence-electron chi connectivity index (χ1n) is 6.48. The molecule has 1 atom stereocenters. The van der Waals surface area contributed by atoms with Crippen LogP contribution in [0.5, 0.6) is 0 Å². The quantitative estimate of drug-likeness (QED) is 0.567. The third-order valence-electron chi connectivity index (χ3n) is 3.26. The molecule has 0 aliphatic rings. The van der Waals surface area contributed by atoms with Gasteiger partial charge in [0.1, 0.15) is 5.82 Å². The van der Waals surface area contributed by atoms with E-state index in [1.54, 1.807) is 29.1 Å². The summed E-state index contributed by atoms with van der Waals surface area (Å²) in [7, 11) is 0. The molecule has 6 heteroatoms. The fraction of sp³-hybridized carbons (Fsp3) is 0.0667. The molecule has 1 unspecified atom stereocenters. The molecule has 0 saturated carbocycles. The van der Waals surface area contributed by atoms with Crippen LogP contribution in [-0.2, 0) is 0 Å². The van der Waals surface area contributed by atoms with Crippen molar-refractivity contribution in [3.05, 3.63) is 77.9 Å². The zero-order valence-electron chi connectivity index (χ0n) is 11.1. The van der Waals surface area contributed by atoms with Gasteiger partial charge in [0.15, 0.2) is 0 Å². The molecule has 0 saturated heterocycles. The van der Waals surface area contributed by atoms with Crippen molar-refractivity contribution in [2.45, 2.75) is 6.04 Å². The lowest BCUT2D eigenvalue weighted by Crippen LogP contribution is -2.31. The minimum absolute atomic E-state index is 0.332.